The maximum Gasteiger partial charge on any atom is 0.0831 e. The molecule has 3 nitrogen and oxygen atoms in total. The molecule has 132 valence electrons. The van der Waals surface area contributed by atoms with Crippen LogP contribution >= 0.6 is 11.6 Å². The van der Waals surface area contributed by atoms with Gasteiger partial charge >= 0.3 is 0 Å². The number of nitrogens with one attached hydrogen (secondary N) is 2. The number of para-hydroxylation sites is 1. The molecule has 2 aliphatic rings. The molecule has 2 aromatic rings. The zero-order valence-corrected chi connectivity index (χ0v) is 16.0. The third-order valence-electron chi connectivity index (χ3n) is 5.75. The summed E-state index contributed by atoms with van der Waals surface area (Å²) in [6.45, 7) is 9.22. The first kappa shape index (κ1) is 16.7. The van der Waals surface area contributed by atoms with Gasteiger partial charge in [-0.15, -0.1) is 0 Å². The first-order valence-electron chi connectivity index (χ1n) is 8.96. The van der Waals surface area contributed by atoms with Crippen LogP contribution < -0.4 is 10.6 Å². The van der Waals surface area contributed by atoms with Crippen LogP contribution in [0.15, 0.2) is 24.3 Å². The van der Waals surface area contributed by atoms with Crippen molar-refractivity contribution in [3.8, 4) is 11.1 Å². The standard InChI is InChI=1S/C21H25ClN2O/c1-11-10-15(14-7-5-6-13-8-9-23-19(13)14)17(22)16-12(2)20(25)21(3,4)24-18(11)16/h5-7,10,12,20,23-25H,8-9H2,1-4H3/t12-,20+/m1/s1. The molecule has 0 bridgehead atoms. The maximum atomic E-state index is 10.8. The number of aliphatic hydroxyl groups excluding tert-OH is 1. The predicted octanol–water partition coefficient (Wildman–Crippen LogP) is 4.95. The number of aliphatic hydroxyl groups is 1. The average molecular weight is 357 g/mol. The molecule has 4 heteroatoms. The summed E-state index contributed by atoms with van der Waals surface area (Å²) in [5.74, 6) is -0.0258. The topological polar surface area (TPSA) is 44.3 Å². The van der Waals surface area contributed by atoms with E-state index >= 15 is 0 Å². The summed E-state index contributed by atoms with van der Waals surface area (Å²) in [7, 11) is 0. The zero-order chi connectivity index (χ0) is 17.9. The molecule has 4 rings (SSSR count). The molecule has 0 amide bonds. The van der Waals surface area contributed by atoms with E-state index in [1.807, 2.05) is 13.8 Å². The van der Waals surface area contributed by atoms with Crippen molar-refractivity contribution in [2.45, 2.75) is 51.7 Å². The Balaban J connectivity index is 1.94. The smallest absolute Gasteiger partial charge is 0.0831 e. The first-order chi connectivity index (χ1) is 11.8. The van der Waals surface area contributed by atoms with Crippen molar-refractivity contribution < 1.29 is 5.11 Å². The van der Waals surface area contributed by atoms with Gasteiger partial charge in [-0.1, -0.05) is 36.7 Å². The van der Waals surface area contributed by atoms with Crippen LogP contribution in [0.5, 0.6) is 0 Å². The van der Waals surface area contributed by atoms with E-state index in [-0.39, 0.29) is 11.5 Å². The minimum Gasteiger partial charge on any atom is -0.390 e. The minimum atomic E-state index is -0.494. The van der Waals surface area contributed by atoms with Crippen molar-refractivity contribution in [2.24, 2.45) is 0 Å². The predicted molar refractivity (Wildman–Crippen MR) is 106 cm³/mol. The van der Waals surface area contributed by atoms with Crippen molar-refractivity contribution in [3.63, 3.8) is 0 Å². The maximum absolute atomic E-state index is 10.8. The fourth-order valence-corrected chi connectivity index (χ4v) is 4.77. The van der Waals surface area contributed by atoms with Gasteiger partial charge in [-0.2, -0.15) is 0 Å². The van der Waals surface area contributed by atoms with Crippen LogP contribution in [0.4, 0.5) is 11.4 Å². The highest BCUT2D eigenvalue weighted by molar-refractivity contribution is 6.35. The van der Waals surface area contributed by atoms with Crippen molar-refractivity contribution in [2.75, 3.05) is 17.2 Å². The van der Waals surface area contributed by atoms with Crippen LogP contribution in [-0.4, -0.2) is 23.3 Å². The Kier molecular flexibility index (Phi) is 3.78. The zero-order valence-electron chi connectivity index (χ0n) is 15.2. The summed E-state index contributed by atoms with van der Waals surface area (Å²) in [5, 5.41) is 18.5. The summed E-state index contributed by atoms with van der Waals surface area (Å²) in [4.78, 5) is 0. The molecular weight excluding hydrogens is 332 g/mol. The first-order valence-corrected chi connectivity index (χ1v) is 9.34. The van der Waals surface area contributed by atoms with E-state index in [2.05, 4.69) is 48.7 Å². The summed E-state index contributed by atoms with van der Waals surface area (Å²) in [5.41, 5.74) is 7.62. The Labute approximate surface area is 154 Å². The second-order valence-electron chi connectivity index (χ2n) is 7.94. The van der Waals surface area contributed by atoms with E-state index in [9.17, 15) is 5.11 Å². The van der Waals surface area contributed by atoms with Gasteiger partial charge in [0.15, 0.2) is 0 Å². The molecule has 0 saturated heterocycles. The lowest BCUT2D eigenvalue weighted by Gasteiger charge is -2.43. The van der Waals surface area contributed by atoms with Crippen molar-refractivity contribution in [1.82, 2.24) is 0 Å². The molecule has 3 N–H and O–H groups in total. The van der Waals surface area contributed by atoms with Gasteiger partial charge in [0.2, 0.25) is 0 Å². The van der Waals surface area contributed by atoms with Crippen LogP contribution in [0.1, 0.15) is 43.4 Å². The van der Waals surface area contributed by atoms with Gasteiger partial charge in [-0.25, -0.2) is 0 Å². The highest BCUT2D eigenvalue weighted by Gasteiger charge is 2.40. The number of hydrogen-bond acceptors (Lipinski definition) is 3. The second-order valence-corrected chi connectivity index (χ2v) is 8.32. The SMILES string of the molecule is Cc1cc(-c2cccc3c2NCC3)c(Cl)c2c1NC(C)(C)[C@@H](O)[C@@H]2C. The van der Waals surface area contributed by atoms with Gasteiger partial charge in [0.25, 0.3) is 0 Å². The number of rotatable bonds is 1. The van der Waals surface area contributed by atoms with Gasteiger partial charge < -0.3 is 15.7 Å². The summed E-state index contributed by atoms with van der Waals surface area (Å²) in [6, 6.07) is 8.58. The van der Waals surface area contributed by atoms with E-state index < -0.39 is 6.10 Å². The molecule has 2 heterocycles. The largest absolute Gasteiger partial charge is 0.390 e. The number of hydrogen-bond donors (Lipinski definition) is 3. The van der Waals surface area contributed by atoms with Crippen LogP contribution in [0.2, 0.25) is 5.02 Å². The second kappa shape index (κ2) is 5.65. The molecule has 0 fully saturated rings. The fourth-order valence-electron chi connectivity index (χ4n) is 4.35. The third kappa shape index (κ3) is 2.44. The Bertz CT molecular complexity index is 859. The van der Waals surface area contributed by atoms with Gasteiger partial charge in [0.1, 0.15) is 0 Å². The lowest BCUT2D eigenvalue weighted by molar-refractivity contribution is 0.0869. The van der Waals surface area contributed by atoms with Crippen LogP contribution in [0, 0.1) is 6.92 Å². The average Bonchev–Trinajstić information content (AvgIpc) is 3.04. The van der Waals surface area contributed by atoms with E-state index in [0.717, 1.165) is 45.9 Å². The molecule has 0 saturated carbocycles. The third-order valence-corrected chi connectivity index (χ3v) is 6.16. The molecule has 0 aliphatic carbocycles. The molecule has 2 atom stereocenters. The van der Waals surface area contributed by atoms with Crippen LogP contribution in [-0.2, 0) is 6.42 Å². The molecular formula is C21H25ClN2O. The van der Waals surface area contributed by atoms with E-state index in [4.69, 9.17) is 11.6 Å². The molecule has 0 aromatic heterocycles. The summed E-state index contributed by atoms with van der Waals surface area (Å²) >= 11 is 6.91. The molecule has 2 aromatic carbocycles. The molecule has 0 radical (unpaired) electrons. The monoisotopic (exact) mass is 356 g/mol. The number of aryl methyl sites for hydroxylation is 1. The number of anilines is 2. The fraction of sp³-hybridized carbons (Fsp3) is 0.429. The number of halogens is 1. The van der Waals surface area contributed by atoms with E-state index in [1.165, 1.54) is 11.3 Å². The Morgan fingerprint density at radius 2 is 1.96 bits per heavy atom. The lowest BCUT2D eigenvalue weighted by Crippen LogP contribution is -2.50. The molecule has 2 aliphatic heterocycles. The lowest BCUT2D eigenvalue weighted by atomic mass is 9.77. The van der Waals surface area contributed by atoms with E-state index in [1.54, 1.807) is 0 Å². The number of benzene rings is 2. The van der Waals surface area contributed by atoms with E-state index in [0.29, 0.717) is 0 Å². The Hall–Kier alpha value is -1.71. The normalized spacial score (nSPS) is 23.4. The van der Waals surface area contributed by atoms with Crippen LogP contribution in [0.25, 0.3) is 11.1 Å². The number of fused-ring (bicyclic) bond motifs is 2. The van der Waals surface area contributed by atoms with Gasteiger partial charge in [0, 0.05) is 40.5 Å². The van der Waals surface area contributed by atoms with Gasteiger partial charge in [-0.05, 0) is 44.4 Å². The van der Waals surface area contributed by atoms with Gasteiger partial charge in [-0.3, -0.25) is 0 Å². The highest BCUT2D eigenvalue weighted by Crippen LogP contribution is 2.49. The van der Waals surface area contributed by atoms with Crippen molar-refractivity contribution >= 4 is 23.0 Å². The minimum absolute atomic E-state index is 0.0258. The Morgan fingerprint density at radius 1 is 1.20 bits per heavy atom. The molecule has 0 spiro atoms. The Morgan fingerprint density at radius 3 is 2.72 bits per heavy atom. The van der Waals surface area contributed by atoms with Gasteiger partial charge in [0.05, 0.1) is 16.7 Å². The van der Waals surface area contributed by atoms with Crippen molar-refractivity contribution in [1.29, 1.82) is 0 Å². The van der Waals surface area contributed by atoms with Crippen LogP contribution in [0.3, 0.4) is 0 Å². The quantitative estimate of drug-likeness (QED) is 0.677. The molecule has 25 heavy (non-hydrogen) atoms. The van der Waals surface area contributed by atoms with Crippen molar-refractivity contribution in [3.05, 3.63) is 46.0 Å². The summed E-state index contributed by atoms with van der Waals surface area (Å²) < 4.78 is 0. The highest BCUT2D eigenvalue weighted by atomic mass is 35.5. The molecule has 0 unspecified atom stereocenters. The summed E-state index contributed by atoms with van der Waals surface area (Å²) in [6.07, 6.45) is 0.557.